The van der Waals surface area contributed by atoms with Gasteiger partial charge < -0.3 is 25.3 Å². The summed E-state index contributed by atoms with van der Waals surface area (Å²) < 4.78 is 1.49. The van der Waals surface area contributed by atoms with E-state index in [2.05, 4.69) is 20.9 Å². The lowest BCUT2D eigenvalue weighted by atomic mass is 10.1. The van der Waals surface area contributed by atoms with Gasteiger partial charge in [0, 0.05) is 19.3 Å². The van der Waals surface area contributed by atoms with E-state index in [1.807, 2.05) is 30.3 Å². The SMILES string of the molecule is O=C[C@H](CCCNC1=NCCN1)NC(=O)c1cccn(Cc2ccccc2)c1=O. The Hall–Kier alpha value is -3.42. The number of nitrogens with zero attached hydrogens (tertiary/aromatic N) is 2. The fraction of sp³-hybridized carbons (Fsp3) is 0.333. The van der Waals surface area contributed by atoms with Gasteiger partial charge in [0.05, 0.1) is 19.1 Å². The number of carbonyl (C=O) groups is 2. The van der Waals surface area contributed by atoms with E-state index < -0.39 is 11.9 Å². The zero-order valence-corrected chi connectivity index (χ0v) is 16.1. The Morgan fingerprint density at radius 2 is 2.07 bits per heavy atom. The van der Waals surface area contributed by atoms with Crippen LogP contribution in [0.15, 0.2) is 58.4 Å². The highest BCUT2D eigenvalue weighted by Gasteiger charge is 2.17. The lowest BCUT2D eigenvalue weighted by Gasteiger charge is -2.14. The van der Waals surface area contributed by atoms with Crippen LogP contribution in [0, 0.1) is 0 Å². The molecule has 0 bridgehead atoms. The molecule has 0 saturated heterocycles. The van der Waals surface area contributed by atoms with Crippen LogP contribution in [0.2, 0.25) is 0 Å². The van der Waals surface area contributed by atoms with Gasteiger partial charge in [0.15, 0.2) is 5.96 Å². The van der Waals surface area contributed by atoms with Gasteiger partial charge in [-0.2, -0.15) is 0 Å². The summed E-state index contributed by atoms with van der Waals surface area (Å²) in [7, 11) is 0. The third-order valence-corrected chi connectivity index (χ3v) is 4.60. The molecule has 3 N–H and O–H groups in total. The summed E-state index contributed by atoms with van der Waals surface area (Å²) in [6.45, 7) is 2.60. The van der Waals surface area contributed by atoms with Crippen molar-refractivity contribution in [3.05, 3.63) is 70.1 Å². The monoisotopic (exact) mass is 395 g/mol. The molecule has 0 unspecified atom stereocenters. The third-order valence-electron chi connectivity index (χ3n) is 4.60. The number of hydrogen-bond acceptors (Lipinski definition) is 6. The molecule has 2 heterocycles. The Bertz CT molecular complexity index is 923. The number of rotatable bonds is 9. The van der Waals surface area contributed by atoms with Crippen molar-refractivity contribution in [1.29, 1.82) is 0 Å². The Morgan fingerprint density at radius 3 is 2.79 bits per heavy atom. The Labute approximate surface area is 169 Å². The first kappa shape index (κ1) is 20.3. The molecule has 1 aromatic carbocycles. The number of aldehydes is 1. The molecule has 8 heteroatoms. The summed E-state index contributed by atoms with van der Waals surface area (Å²) in [5.74, 6) is 0.226. The number of guanidine groups is 1. The van der Waals surface area contributed by atoms with Crippen LogP contribution in [-0.4, -0.2) is 48.4 Å². The van der Waals surface area contributed by atoms with Crippen LogP contribution in [-0.2, 0) is 11.3 Å². The molecule has 1 atom stereocenters. The first-order valence-electron chi connectivity index (χ1n) is 9.69. The van der Waals surface area contributed by atoms with Crippen LogP contribution >= 0.6 is 0 Å². The third kappa shape index (κ3) is 5.78. The molecule has 0 radical (unpaired) electrons. The van der Waals surface area contributed by atoms with Crippen molar-refractivity contribution in [1.82, 2.24) is 20.5 Å². The molecule has 0 aliphatic carbocycles. The van der Waals surface area contributed by atoms with E-state index in [0.29, 0.717) is 32.2 Å². The molecule has 1 amide bonds. The predicted octanol–water partition coefficient (Wildman–Crippen LogP) is 0.523. The second kappa shape index (κ2) is 10.2. The molecule has 1 aliphatic rings. The normalized spacial score (nSPS) is 13.9. The molecule has 1 aromatic heterocycles. The number of aromatic nitrogens is 1. The molecule has 1 aliphatic heterocycles. The number of amides is 1. The van der Waals surface area contributed by atoms with E-state index in [1.54, 1.807) is 12.3 Å². The van der Waals surface area contributed by atoms with Gasteiger partial charge in [-0.1, -0.05) is 30.3 Å². The smallest absolute Gasteiger partial charge is 0.263 e. The minimum atomic E-state index is -0.648. The Balaban J connectivity index is 1.56. The molecule has 2 aromatic rings. The van der Waals surface area contributed by atoms with Gasteiger partial charge in [0.25, 0.3) is 11.5 Å². The van der Waals surface area contributed by atoms with Crippen molar-refractivity contribution in [2.75, 3.05) is 19.6 Å². The highest BCUT2D eigenvalue weighted by Crippen LogP contribution is 2.02. The molecular weight excluding hydrogens is 370 g/mol. The predicted molar refractivity (Wildman–Crippen MR) is 111 cm³/mol. The zero-order valence-electron chi connectivity index (χ0n) is 16.1. The highest BCUT2D eigenvalue weighted by atomic mass is 16.2. The van der Waals surface area contributed by atoms with Gasteiger partial charge in [-0.15, -0.1) is 0 Å². The fourth-order valence-corrected chi connectivity index (χ4v) is 3.08. The number of aliphatic imine (C=N–C) groups is 1. The average Bonchev–Trinajstić information content (AvgIpc) is 3.26. The van der Waals surface area contributed by atoms with E-state index in [1.165, 1.54) is 10.6 Å². The minimum absolute atomic E-state index is 0.0258. The lowest BCUT2D eigenvalue weighted by molar-refractivity contribution is -0.109. The number of pyridine rings is 1. The molecule has 0 saturated carbocycles. The Kier molecular flexibility index (Phi) is 7.16. The molecule has 0 fully saturated rings. The summed E-state index contributed by atoms with van der Waals surface area (Å²) >= 11 is 0. The number of carbonyl (C=O) groups excluding carboxylic acids is 2. The molecular formula is C21H25N5O3. The lowest BCUT2D eigenvalue weighted by Crippen LogP contribution is -2.40. The molecule has 8 nitrogen and oxygen atoms in total. The highest BCUT2D eigenvalue weighted by molar-refractivity contribution is 5.95. The van der Waals surface area contributed by atoms with E-state index in [0.717, 1.165) is 24.6 Å². The molecule has 29 heavy (non-hydrogen) atoms. The standard InChI is InChI=1S/C21H25N5O3/c27-15-17(8-4-10-22-21-23-11-12-24-21)25-19(28)18-9-5-13-26(20(18)29)14-16-6-2-1-3-7-16/h1-3,5-7,9,13,15,17H,4,8,10-12,14H2,(H,25,28)(H2,22,23,24)/t17-/m0/s1. The maximum atomic E-state index is 12.7. The van der Waals surface area contributed by atoms with Crippen LogP contribution in [0.3, 0.4) is 0 Å². The minimum Gasteiger partial charge on any atom is -0.356 e. The van der Waals surface area contributed by atoms with Gasteiger partial charge in [-0.05, 0) is 30.5 Å². The van der Waals surface area contributed by atoms with Crippen molar-refractivity contribution in [2.45, 2.75) is 25.4 Å². The van der Waals surface area contributed by atoms with Gasteiger partial charge in [0.1, 0.15) is 11.8 Å². The molecule has 152 valence electrons. The summed E-state index contributed by atoms with van der Waals surface area (Å²) in [6, 6.07) is 12.0. The van der Waals surface area contributed by atoms with Crippen LogP contribution < -0.4 is 21.5 Å². The summed E-state index contributed by atoms with van der Waals surface area (Å²) in [6.07, 6.45) is 3.50. The summed E-state index contributed by atoms with van der Waals surface area (Å²) in [4.78, 5) is 40.8. The summed E-state index contributed by atoms with van der Waals surface area (Å²) in [5, 5.41) is 8.90. The maximum Gasteiger partial charge on any atom is 0.263 e. The van der Waals surface area contributed by atoms with Crippen molar-refractivity contribution < 1.29 is 9.59 Å². The van der Waals surface area contributed by atoms with E-state index in [-0.39, 0.29) is 11.1 Å². The second-order valence-corrected chi connectivity index (χ2v) is 6.78. The van der Waals surface area contributed by atoms with Gasteiger partial charge in [-0.25, -0.2) is 0 Å². The van der Waals surface area contributed by atoms with Crippen molar-refractivity contribution in [3.8, 4) is 0 Å². The fourth-order valence-electron chi connectivity index (χ4n) is 3.08. The topological polar surface area (TPSA) is 105 Å². The number of nitrogens with one attached hydrogen (secondary N) is 3. The second-order valence-electron chi connectivity index (χ2n) is 6.78. The molecule has 0 spiro atoms. The number of hydrogen-bond donors (Lipinski definition) is 3. The van der Waals surface area contributed by atoms with Gasteiger partial charge in [-0.3, -0.25) is 14.6 Å². The Morgan fingerprint density at radius 1 is 1.24 bits per heavy atom. The van der Waals surface area contributed by atoms with Gasteiger partial charge >= 0.3 is 0 Å². The van der Waals surface area contributed by atoms with Crippen molar-refractivity contribution in [2.24, 2.45) is 4.99 Å². The van der Waals surface area contributed by atoms with Crippen molar-refractivity contribution >= 4 is 18.2 Å². The average molecular weight is 395 g/mol. The first-order chi connectivity index (χ1) is 14.2. The van der Waals surface area contributed by atoms with Crippen LogP contribution in [0.4, 0.5) is 0 Å². The van der Waals surface area contributed by atoms with Crippen LogP contribution in [0.1, 0.15) is 28.8 Å². The largest absolute Gasteiger partial charge is 0.356 e. The first-order valence-corrected chi connectivity index (χ1v) is 9.69. The number of benzene rings is 1. The van der Waals surface area contributed by atoms with Crippen LogP contribution in [0.25, 0.3) is 0 Å². The van der Waals surface area contributed by atoms with E-state index >= 15 is 0 Å². The van der Waals surface area contributed by atoms with E-state index in [9.17, 15) is 14.4 Å². The van der Waals surface area contributed by atoms with E-state index in [4.69, 9.17) is 0 Å². The zero-order chi connectivity index (χ0) is 20.5. The van der Waals surface area contributed by atoms with Gasteiger partial charge in [0.2, 0.25) is 0 Å². The summed E-state index contributed by atoms with van der Waals surface area (Å²) in [5.41, 5.74) is 0.607. The quantitative estimate of drug-likeness (QED) is 0.424. The van der Waals surface area contributed by atoms with Crippen molar-refractivity contribution in [3.63, 3.8) is 0 Å². The maximum absolute atomic E-state index is 12.7. The molecule has 3 rings (SSSR count). The van der Waals surface area contributed by atoms with Crippen LogP contribution in [0.5, 0.6) is 0 Å².